The van der Waals surface area contributed by atoms with Crippen LogP contribution in [-0.4, -0.2) is 28.9 Å². The van der Waals surface area contributed by atoms with Crippen molar-refractivity contribution in [2.75, 3.05) is 12.4 Å². The van der Waals surface area contributed by atoms with Gasteiger partial charge in [0.2, 0.25) is 0 Å². The molecule has 1 saturated carbocycles. The molecule has 0 bridgehead atoms. The lowest BCUT2D eigenvalue weighted by Gasteiger charge is -2.29. The number of hydrogen-bond acceptors (Lipinski definition) is 4. The third kappa shape index (κ3) is 4.20. The summed E-state index contributed by atoms with van der Waals surface area (Å²) < 4.78 is 1.44. The summed E-state index contributed by atoms with van der Waals surface area (Å²) in [6.07, 6.45) is 6.12. The van der Waals surface area contributed by atoms with Crippen molar-refractivity contribution in [3.63, 3.8) is 0 Å². The van der Waals surface area contributed by atoms with Crippen LogP contribution >= 0.6 is 11.6 Å². The van der Waals surface area contributed by atoms with Crippen LogP contribution in [0.4, 0.5) is 5.69 Å². The second kappa shape index (κ2) is 7.27. The van der Waals surface area contributed by atoms with Gasteiger partial charge in [0.05, 0.1) is 11.9 Å². The summed E-state index contributed by atoms with van der Waals surface area (Å²) in [5.41, 5.74) is 0.453. The molecule has 1 aliphatic carbocycles. The molecule has 2 rings (SSSR count). The van der Waals surface area contributed by atoms with Gasteiger partial charge in [0, 0.05) is 18.6 Å². The molecule has 118 valence electrons. The van der Waals surface area contributed by atoms with Crippen LogP contribution < -0.4 is 16.2 Å². The maximum atomic E-state index is 12.2. The Morgan fingerprint density at radius 1 is 1.33 bits per heavy atom. The molecular weight excluding hydrogens is 288 g/mol. The van der Waals surface area contributed by atoms with Crippen molar-refractivity contribution in [2.24, 2.45) is 5.92 Å². The molecule has 1 aromatic rings. The van der Waals surface area contributed by atoms with Gasteiger partial charge in [-0.2, -0.15) is 5.10 Å². The zero-order valence-corrected chi connectivity index (χ0v) is 13.8. The zero-order chi connectivity index (χ0) is 15.4. The van der Waals surface area contributed by atoms with Gasteiger partial charge in [-0.1, -0.05) is 25.4 Å². The van der Waals surface area contributed by atoms with Gasteiger partial charge in [0.15, 0.2) is 0 Å². The Balaban J connectivity index is 2.04. The average Bonchev–Trinajstić information content (AvgIpc) is 2.47. The quantitative estimate of drug-likeness (QED) is 0.877. The monoisotopic (exact) mass is 312 g/mol. The number of nitrogens with zero attached hydrogens (tertiary/aromatic N) is 2. The first kappa shape index (κ1) is 16.3. The van der Waals surface area contributed by atoms with Crippen LogP contribution in [0.1, 0.15) is 39.5 Å². The fourth-order valence-corrected chi connectivity index (χ4v) is 2.99. The van der Waals surface area contributed by atoms with Gasteiger partial charge in [-0.05, 0) is 38.6 Å². The number of hydrogen-bond donors (Lipinski definition) is 2. The maximum Gasteiger partial charge on any atom is 0.287 e. The van der Waals surface area contributed by atoms with E-state index in [9.17, 15) is 4.79 Å². The molecule has 0 aromatic carbocycles. The van der Waals surface area contributed by atoms with E-state index in [0.29, 0.717) is 30.2 Å². The van der Waals surface area contributed by atoms with Crippen LogP contribution in [0.2, 0.25) is 5.02 Å². The minimum Gasteiger partial charge on any atom is -0.380 e. The van der Waals surface area contributed by atoms with Crippen molar-refractivity contribution < 1.29 is 0 Å². The van der Waals surface area contributed by atoms with Gasteiger partial charge in [-0.15, -0.1) is 0 Å². The Morgan fingerprint density at radius 3 is 2.52 bits per heavy atom. The average molecular weight is 313 g/mol. The lowest BCUT2D eigenvalue weighted by Crippen LogP contribution is -2.35. The second-order valence-corrected chi connectivity index (χ2v) is 6.61. The summed E-state index contributed by atoms with van der Waals surface area (Å²) in [6.45, 7) is 4.69. The van der Waals surface area contributed by atoms with Crippen LogP contribution in [0.15, 0.2) is 11.0 Å². The molecule has 0 saturated heterocycles. The van der Waals surface area contributed by atoms with E-state index in [1.165, 1.54) is 4.68 Å². The summed E-state index contributed by atoms with van der Waals surface area (Å²) in [4.78, 5) is 12.2. The molecule has 6 heteroatoms. The predicted octanol–water partition coefficient (Wildman–Crippen LogP) is 2.50. The predicted molar refractivity (Wildman–Crippen MR) is 87.1 cm³/mol. The van der Waals surface area contributed by atoms with E-state index in [0.717, 1.165) is 25.7 Å². The highest BCUT2D eigenvalue weighted by Gasteiger charge is 2.21. The number of nitrogens with one attached hydrogen (secondary N) is 2. The first-order valence-electron chi connectivity index (χ1n) is 7.70. The Morgan fingerprint density at radius 2 is 1.95 bits per heavy atom. The molecule has 0 atom stereocenters. The van der Waals surface area contributed by atoms with E-state index in [2.05, 4.69) is 15.7 Å². The number of halogens is 1. The minimum atomic E-state index is -0.209. The molecule has 21 heavy (non-hydrogen) atoms. The van der Waals surface area contributed by atoms with Crippen molar-refractivity contribution in [3.05, 3.63) is 21.6 Å². The second-order valence-electron chi connectivity index (χ2n) is 6.23. The van der Waals surface area contributed by atoms with E-state index < -0.39 is 0 Å². The summed E-state index contributed by atoms with van der Waals surface area (Å²) in [6, 6.07) is 0.977. The minimum absolute atomic E-state index is 0.209. The van der Waals surface area contributed by atoms with Crippen LogP contribution in [0.5, 0.6) is 0 Å². The van der Waals surface area contributed by atoms with Crippen molar-refractivity contribution in [1.82, 2.24) is 15.1 Å². The SMILES string of the molecule is CNC1CCC(Nc2cnn(CC(C)C)c(=O)c2Cl)CC1. The number of aromatic nitrogens is 2. The van der Waals surface area contributed by atoms with Crippen LogP contribution in [0, 0.1) is 5.92 Å². The molecule has 0 unspecified atom stereocenters. The fourth-order valence-electron chi connectivity index (χ4n) is 2.79. The van der Waals surface area contributed by atoms with Gasteiger partial charge in [0.1, 0.15) is 5.02 Å². The van der Waals surface area contributed by atoms with Crippen LogP contribution in [-0.2, 0) is 6.54 Å². The van der Waals surface area contributed by atoms with Gasteiger partial charge in [0.25, 0.3) is 5.56 Å². The van der Waals surface area contributed by atoms with Crippen molar-refractivity contribution in [3.8, 4) is 0 Å². The standard InChI is InChI=1S/C15H25ClN4O/c1-10(2)9-20-15(21)14(16)13(8-18-20)19-12-6-4-11(17-3)5-7-12/h8,10-12,17,19H,4-7,9H2,1-3H3. The molecule has 1 heterocycles. The van der Waals surface area contributed by atoms with E-state index in [1.54, 1.807) is 6.20 Å². The third-order valence-electron chi connectivity index (χ3n) is 4.02. The molecule has 0 radical (unpaired) electrons. The Labute approximate surface area is 131 Å². The van der Waals surface area contributed by atoms with Gasteiger partial charge in [-0.3, -0.25) is 4.79 Å². The highest BCUT2D eigenvalue weighted by molar-refractivity contribution is 6.32. The molecule has 2 N–H and O–H groups in total. The van der Waals surface area contributed by atoms with Gasteiger partial charge < -0.3 is 10.6 Å². The van der Waals surface area contributed by atoms with Gasteiger partial charge in [-0.25, -0.2) is 4.68 Å². The zero-order valence-electron chi connectivity index (χ0n) is 13.0. The highest BCUT2D eigenvalue weighted by Crippen LogP contribution is 2.24. The normalized spacial score (nSPS) is 22.5. The molecular formula is C15H25ClN4O. The first-order chi connectivity index (χ1) is 10.0. The van der Waals surface area contributed by atoms with E-state index >= 15 is 0 Å². The molecule has 1 fully saturated rings. The van der Waals surface area contributed by atoms with Crippen LogP contribution in [0.3, 0.4) is 0 Å². The molecule has 0 amide bonds. The molecule has 1 aromatic heterocycles. The number of rotatable bonds is 5. The Kier molecular flexibility index (Phi) is 5.65. The van der Waals surface area contributed by atoms with Crippen molar-refractivity contribution in [1.29, 1.82) is 0 Å². The molecule has 5 nitrogen and oxygen atoms in total. The van der Waals surface area contributed by atoms with Crippen molar-refractivity contribution in [2.45, 2.75) is 58.2 Å². The van der Waals surface area contributed by atoms with E-state index in [-0.39, 0.29) is 10.6 Å². The van der Waals surface area contributed by atoms with Gasteiger partial charge >= 0.3 is 0 Å². The summed E-state index contributed by atoms with van der Waals surface area (Å²) in [7, 11) is 2.01. The van der Waals surface area contributed by atoms with E-state index in [1.807, 2.05) is 20.9 Å². The summed E-state index contributed by atoms with van der Waals surface area (Å²) in [5, 5.41) is 11.2. The first-order valence-corrected chi connectivity index (χ1v) is 8.08. The molecule has 0 aliphatic heterocycles. The Hall–Kier alpha value is -1.07. The smallest absolute Gasteiger partial charge is 0.287 e. The van der Waals surface area contributed by atoms with E-state index in [4.69, 9.17) is 11.6 Å². The topological polar surface area (TPSA) is 59.0 Å². The summed E-state index contributed by atoms with van der Waals surface area (Å²) in [5.74, 6) is 0.363. The lowest BCUT2D eigenvalue weighted by atomic mass is 9.91. The van der Waals surface area contributed by atoms with Crippen molar-refractivity contribution >= 4 is 17.3 Å². The molecule has 0 spiro atoms. The third-order valence-corrected chi connectivity index (χ3v) is 4.38. The highest BCUT2D eigenvalue weighted by atomic mass is 35.5. The lowest BCUT2D eigenvalue weighted by molar-refractivity contribution is 0.371. The largest absolute Gasteiger partial charge is 0.380 e. The number of anilines is 1. The molecule has 1 aliphatic rings. The maximum absolute atomic E-state index is 12.2. The fraction of sp³-hybridized carbons (Fsp3) is 0.733. The summed E-state index contributed by atoms with van der Waals surface area (Å²) >= 11 is 6.21. The van der Waals surface area contributed by atoms with Crippen LogP contribution in [0.25, 0.3) is 0 Å². The Bertz CT molecular complexity index is 521.